The van der Waals surface area contributed by atoms with E-state index in [1.54, 1.807) is 24.3 Å². The number of hydrogen-bond acceptors (Lipinski definition) is 4. The quantitative estimate of drug-likeness (QED) is 0.898. The molecule has 1 amide bonds. The van der Waals surface area contributed by atoms with Gasteiger partial charge in [-0.3, -0.25) is 4.79 Å². The maximum atomic E-state index is 12.3. The smallest absolute Gasteiger partial charge is 0.270 e. The van der Waals surface area contributed by atoms with Crippen molar-refractivity contribution in [1.29, 1.82) is 0 Å². The zero-order valence-electron chi connectivity index (χ0n) is 13.0. The summed E-state index contributed by atoms with van der Waals surface area (Å²) in [6, 6.07) is 6.88. The summed E-state index contributed by atoms with van der Waals surface area (Å²) in [5, 5.41) is 3.85. The number of carbonyl (C=O) groups excluding carboxylic acids is 1. The lowest BCUT2D eigenvalue weighted by molar-refractivity contribution is 0.0642. The highest BCUT2D eigenvalue weighted by molar-refractivity contribution is 6.42. The van der Waals surface area contributed by atoms with Crippen molar-refractivity contribution in [2.45, 2.75) is 12.8 Å². The molecule has 1 saturated heterocycles. The minimum absolute atomic E-state index is 0.204. The lowest BCUT2D eigenvalue weighted by Gasteiger charge is -2.22. The molecule has 7 heteroatoms. The fourth-order valence-electron chi connectivity index (χ4n) is 2.57. The number of nitrogens with zero attached hydrogens (tertiary/aromatic N) is 2. The Bertz CT molecular complexity index is 734. The largest absolute Gasteiger partial charge is 0.381 e. The summed E-state index contributed by atoms with van der Waals surface area (Å²) < 4.78 is 5.32. The molecule has 1 fully saturated rings. The van der Waals surface area contributed by atoms with Crippen LogP contribution in [0.2, 0.25) is 10.0 Å². The average Bonchev–Trinajstić information content (AvgIpc) is 2.63. The predicted molar refractivity (Wildman–Crippen MR) is 93.4 cm³/mol. The van der Waals surface area contributed by atoms with Gasteiger partial charge in [-0.15, -0.1) is 0 Å². The second kappa shape index (κ2) is 7.92. The molecule has 1 N–H and O–H groups in total. The molecule has 0 bridgehead atoms. The fraction of sp³-hybridized carbons (Fsp3) is 0.353. The molecule has 126 valence electrons. The first-order valence-electron chi connectivity index (χ1n) is 7.77. The first-order chi connectivity index (χ1) is 11.6. The number of rotatable bonds is 4. The lowest BCUT2D eigenvalue weighted by Crippen LogP contribution is -2.32. The summed E-state index contributed by atoms with van der Waals surface area (Å²) in [7, 11) is 0. The molecule has 0 unspecified atom stereocenters. The second-order valence-corrected chi connectivity index (χ2v) is 6.50. The van der Waals surface area contributed by atoms with Crippen molar-refractivity contribution >= 4 is 29.1 Å². The third-order valence-electron chi connectivity index (χ3n) is 4.01. The molecule has 0 aliphatic carbocycles. The standard InChI is InChI=1S/C17H17Cl2N3O2/c18-13-2-1-12(7-14(13)19)15-8-16(22-10-21-15)17(23)20-9-11-3-5-24-6-4-11/h1-2,7-8,10-11H,3-6,9H2,(H,20,23). The Balaban J connectivity index is 1.69. The van der Waals surface area contributed by atoms with Gasteiger partial charge in [0.05, 0.1) is 15.7 Å². The van der Waals surface area contributed by atoms with Crippen LogP contribution < -0.4 is 5.32 Å². The van der Waals surface area contributed by atoms with Crippen LogP contribution in [-0.2, 0) is 4.74 Å². The van der Waals surface area contributed by atoms with E-state index >= 15 is 0 Å². The zero-order valence-corrected chi connectivity index (χ0v) is 14.5. The molecule has 1 aliphatic rings. The van der Waals surface area contributed by atoms with Crippen molar-refractivity contribution in [3.05, 3.63) is 46.3 Å². The number of ether oxygens (including phenoxy) is 1. The summed E-state index contributed by atoms with van der Waals surface area (Å²) >= 11 is 12.0. The van der Waals surface area contributed by atoms with Crippen LogP contribution in [0.25, 0.3) is 11.3 Å². The predicted octanol–water partition coefficient (Wildman–Crippen LogP) is 3.61. The summed E-state index contributed by atoms with van der Waals surface area (Å²) in [5.41, 5.74) is 1.74. The van der Waals surface area contributed by atoms with E-state index in [0.29, 0.717) is 33.9 Å². The van der Waals surface area contributed by atoms with Crippen LogP contribution in [0.15, 0.2) is 30.6 Å². The maximum Gasteiger partial charge on any atom is 0.270 e. The zero-order chi connectivity index (χ0) is 16.9. The number of hydrogen-bond donors (Lipinski definition) is 1. The van der Waals surface area contributed by atoms with Crippen molar-refractivity contribution in [3.63, 3.8) is 0 Å². The molecule has 1 aromatic heterocycles. The Morgan fingerprint density at radius 3 is 2.71 bits per heavy atom. The van der Waals surface area contributed by atoms with Gasteiger partial charge in [-0.25, -0.2) is 9.97 Å². The summed E-state index contributed by atoms with van der Waals surface area (Å²) in [4.78, 5) is 20.6. The minimum Gasteiger partial charge on any atom is -0.381 e. The molecule has 3 rings (SSSR count). The third-order valence-corrected chi connectivity index (χ3v) is 4.75. The van der Waals surface area contributed by atoms with Gasteiger partial charge in [0.2, 0.25) is 0 Å². The van der Waals surface area contributed by atoms with Crippen LogP contribution in [-0.4, -0.2) is 35.6 Å². The molecule has 1 aromatic carbocycles. The van der Waals surface area contributed by atoms with E-state index in [9.17, 15) is 4.79 Å². The number of carbonyl (C=O) groups is 1. The summed E-state index contributed by atoms with van der Waals surface area (Å²) in [5.74, 6) is 0.254. The molecular weight excluding hydrogens is 349 g/mol. The lowest BCUT2D eigenvalue weighted by atomic mass is 10.0. The first kappa shape index (κ1) is 17.1. The van der Waals surface area contributed by atoms with Gasteiger partial charge in [0, 0.05) is 25.3 Å². The van der Waals surface area contributed by atoms with E-state index in [0.717, 1.165) is 31.6 Å². The summed E-state index contributed by atoms with van der Waals surface area (Å²) in [6.07, 6.45) is 3.32. The SMILES string of the molecule is O=C(NCC1CCOCC1)c1cc(-c2ccc(Cl)c(Cl)c2)ncn1. The first-order valence-corrected chi connectivity index (χ1v) is 8.52. The van der Waals surface area contributed by atoms with Crippen LogP contribution in [0.3, 0.4) is 0 Å². The maximum absolute atomic E-state index is 12.3. The Morgan fingerprint density at radius 2 is 1.96 bits per heavy atom. The van der Waals surface area contributed by atoms with E-state index in [1.165, 1.54) is 6.33 Å². The number of nitrogens with one attached hydrogen (secondary N) is 1. The fourth-order valence-corrected chi connectivity index (χ4v) is 2.87. The van der Waals surface area contributed by atoms with Gasteiger partial charge in [-0.1, -0.05) is 29.3 Å². The van der Waals surface area contributed by atoms with E-state index in [4.69, 9.17) is 27.9 Å². The van der Waals surface area contributed by atoms with Crippen LogP contribution in [0, 0.1) is 5.92 Å². The molecule has 0 spiro atoms. The minimum atomic E-state index is -0.204. The Hall–Kier alpha value is -1.69. The van der Waals surface area contributed by atoms with E-state index in [1.807, 2.05) is 0 Å². The second-order valence-electron chi connectivity index (χ2n) is 5.68. The van der Waals surface area contributed by atoms with Crippen LogP contribution >= 0.6 is 23.2 Å². The molecule has 0 radical (unpaired) electrons. The molecule has 0 atom stereocenters. The summed E-state index contributed by atoms with van der Waals surface area (Å²) in [6.45, 7) is 2.15. The molecule has 2 aromatic rings. The molecule has 5 nitrogen and oxygen atoms in total. The van der Waals surface area contributed by atoms with Crippen molar-refractivity contribution in [2.24, 2.45) is 5.92 Å². The molecule has 24 heavy (non-hydrogen) atoms. The number of halogens is 2. The van der Waals surface area contributed by atoms with E-state index in [2.05, 4.69) is 15.3 Å². The van der Waals surface area contributed by atoms with E-state index < -0.39 is 0 Å². The van der Waals surface area contributed by atoms with Crippen molar-refractivity contribution < 1.29 is 9.53 Å². The average molecular weight is 366 g/mol. The topological polar surface area (TPSA) is 64.1 Å². The van der Waals surface area contributed by atoms with Crippen LogP contribution in [0.1, 0.15) is 23.3 Å². The van der Waals surface area contributed by atoms with Gasteiger partial charge in [-0.05, 0) is 37.0 Å². The van der Waals surface area contributed by atoms with Crippen molar-refractivity contribution in [1.82, 2.24) is 15.3 Å². The van der Waals surface area contributed by atoms with Crippen molar-refractivity contribution in [2.75, 3.05) is 19.8 Å². The molecular formula is C17H17Cl2N3O2. The van der Waals surface area contributed by atoms with Crippen molar-refractivity contribution in [3.8, 4) is 11.3 Å². The number of aromatic nitrogens is 2. The van der Waals surface area contributed by atoms with Gasteiger partial charge < -0.3 is 10.1 Å². The van der Waals surface area contributed by atoms with Gasteiger partial charge in [-0.2, -0.15) is 0 Å². The van der Waals surface area contributed by atoms with Gasteiger partial charge >= 0.3 is 0 Å². The van der Waals surface area contributed by atoms with E-state index in [-0.39, 0.29) is 5.91 Å². The molecule has 1 aliphatic heterocycles. The number of amides is 1. The van der Waals surface area contributed by atoms with Crippen LogP contribution in [0.5, 0.6) is 0 Å². The third kappa shape index (κ3) is 4.23. The highest BCUT2D eigenvalue weighted by Crippen LogP contribution is 2.27. The normalized spacial score (nSPS) is 15.2. The van der Waals surface area contributed by atoms with Gasteiger partial charge in [0.1, 0.15) is 12.0 Å². The van der Waals surface area contributed by atoms with Gasteiger partial charge in [0.15, 0.2) is 0 Å². The number of benzene rings is 1. The highest BCUT2D eigenvalue weighted by Gasteiger charge is 2.16. The Kier molecular flexibility index (Phi) is 5.66. The molecule has 0 saturated carbocycles. The molecule has 2 heterocycles. The highest BCUT2D eigenvalue weighted by atomic mass is 35.5. The van der Waals surface area contributed by atoms with Crippen LogP contribution in [0.4, 0.5) is 0 Å². The Morgan fingerprint density at radius 1 is 1.17 bits per heavy atom. The monoisotopic (exact) mass is 365 g/mol. The van der Waals surface area contributed by atoms with Gasteiger partial charge in [0.25, 0.3) is 5.91 Å². The Labute approximate surface area is 150 Å².